The first-order valence-electron chi connectivity index (χ1n) is 6.14. The Morgan fingerprint density at radius 2 is 2.00 bits per heavy atom. The van der Waals surface area contributed by atoms with Crippen molar-refractivity contribution in [2.75, 3.05) is 0 Å². The Balaban J connectivity index is 2.28. The molecule has 0 aliphatic heterocycles. The third-order valence-corrected chi connectivity index (χ3v) is 6.10. The minimum atomic E-state index is -3.41. The predicted molar refractivity (Wildman–Crippen MR) is 76.6 cm³/mol. The van der Waals surface area contributed by atoms with Crippen molar-refractivity contribution in [1.29, 1.82) is 0 Å². The summed E-state index contributed by atoms with van der Waals surface area (Å²) in [5.41, 5.74) is 1.75. The van der Waals surface area contributed by atoms with E-state index in [-0.39, 0.29) is 10.9 Å². The molecule has 18 heavy (non-hydrogen) atoms. The molecule has 0 bridgehead atoms. The fourth-order valence-electron chi connectivity index (χ4n) is 2.31. The molecule has 1 saturated carbocycles. The van der Waals surface area contributed by atoms with Crippen LogP contribution in [0.2, 0.25) is 0 Å². The predicted octanol–water partition coefficient (Wildman–Crippen LogP) is 2.90. The van der Waals surface area contributed by atoms with Crippen molar-refractivity contribution in [2.45, 2.75) is 48.9 Å². The summed E-state index contributed by atoms with van der Waals surface area (Å²) in [5, 5.41) is 0. The summed E-state index contributed by atoms with van der Waals surface area (Å²) in [6.45, 7) is 3.73. The molecule has 0 amide bonds. The average Bonchev–Trinajstić information content (AvgIpc) is 2.67. The Morgan fingerprint density at radius 3 is 2.61 bits per heavy atom. The lowest BCUT2D eigenvalue weighted by Crippen LogP contribution is -2.37. The zero-order valence-corrected chi connectivity index (χ0v) is 13.0. The molecule has 0 spiro atoms. The van der Waals surface area contributed by atoms with Gasteiger partial charge in [0.1, 0.15) is 0 Å². The Kier molecular flexibility index (Phi) is 4.14. The topological polar surface area (TPSA) is 46.2 Å². The highest BCUT2D eigenvalue weighted by atomic mass is 79.9. The molecule has 2 rings (SSSR count). The highest BCUT2D eigenvalue weighted by Crippen LogP contribution is 2.27. The molecule has 2 unspecified atom stereocenters. The number of hydrogen-bond donors (Lipinski definition) is 1. The Labute approximate surface area is 117 Å². The molecule has 0 aromatic heterocycles. The van der Waals surface area contributed by atoms with E-state index < -0.39 is 10.0 Å². The van der Waals surface area contributed by atoms with Crippen LogP contribution in [0.15, 0.2) is 23.1 Å². The molecule has 0 radical (unpaired) electrons. The number of aryl methyl sites for hydroxylation is 2. The second kappa shape index (κ2) is 5.31. The second-order valence-electron chi connectivity index (χ2n) is 4.94. The fourth-order valence-corrected chi connectivity index (χ4v) is 4.84. The molecular weight excluding hydrogens is 314 g/mol. The number of alkyl halides is 1. The Hall–Kier alpha value is -0.390. The summed E-state index contributed by atoms with van der Waals surface area (Å²) in [4.78, 5) is 0.645. The minimum Gasteiger partial charge on any atom is -0.207 e. The number of rotatable bonds is 3. The summed E-state index contributed by atoms with van der Waals surface area (Å²) in [5.74, 6) is 0. The molecule has 1 N–H and O–H groups in total. The van der Waals surface area contributed by atoms with E-state index in [1.807, 2.05) is 26.0 Å². The molecule has 5 heteroatoms. The van der Waals surface area contributed by atoms with Gasteiger partial charge in [-0.15, -0.1) is 0 Å². The van der Waals surface area contributed by atoms with E-state index in [2.05, 4.69) is 20.7 Å². The van der Waals surface area contributed by atoms with Gasteiger partial charge in [0.05, 0.1) is 4.90 Å². The Bertz CT molecular complexity index is 542. The first-order valence-corrected chi connectivity index (χ1v) is 8.54. The van der Waals surface area contributed by atoms with Crippen LogP contribution >= 0.6 is 15.9 Å². The lowest BCUT2D eigenvalue weighted by atomic mass is 10.2. The standard InChI is InChI=1S/C13H18BrNO2S/c1-9-6-7-10(2)13(8-9)18(16,17)15-12-5-3-4-11(12)14/h6-8,11-12,15H,3-5H2,1-2H3. The summed E-state index contributed by atoms with van der Waals surface area (Å²) < 4.78 is 27.6. The van der Waals surface area contributed by atoms with Gasteiger partial charge < -0.3 is 0 Å². The highest BCUT2D eigenvalue weighted by molar-refractivity contribution is 9.09. The minimum absolute atomic E-state index is 0.00918. The van der Waals surface area contributed by atoms with E-state index >= 15 is 0 Å². The molecule has 1 aromatic rings. The van der Waals surface area contributed by atoms with E-state index in [1.54, 1.807) is 6.07 Å². The van der Waals surface area contributed by atoms with Gasteiger partial charge in [-0.1, -0.05) is 34.5 Å². The van der Waals surface area contributed by atoms with Crippen LogP contribution in [0.5, 0.6) is 0 Å². The normalized spacial score (nSPS) is 24.4. The number of halogens is 1. The van der Waals surface area contributed by atoms with Crippen LogP contribution in [-0.4, -0.2) is 19.3 Å². The lowest BCUT2D eigenvalue weighted by Gasteiger charge is -2.17. The van der Waals surface area contributed by atoms with Crippen molar-refractivity contribution < 1.29 is 8.42 Å². The number of sulfonamides is 1. The van der Waals surface area contributed by atoms with E-state index in [1.165, 1.54) is 0 Å². The van der Waals surface area contributed by atoms with Crippen LogP contribution in [-0.2, 0) is 10.0 Å². The smallest absolute Gasteiger partial charge is 0.207 e. The molecular formula is C13H18BrNO2S. The monoisotopic (exact) mass is 331 g/mol. The van der Waals surface area contributed by atoms with E-state index in [9.17, 15) is 8.42 Å². The van der Waals surface area contributed by atoms with Gasteiger partial charge in [0.15, 0.2) is 0 Å². The van der Waals surface area contributed by atoms with Gasteiger partial charge >= 0.3 is 0 Å². The molecule has 1 aliphatic carbocycles. The second-order valence-corrected chi connectivity index (χ2v) is 7.80. The molecule has 3 nitrogen and oxygen atoms in total. The van der Waals surface area contributed by atoms with Crippen LogP contribution in [0.4, 0.5) is 0 Å². The first-order chi connectivity index (χ1) is 8.40. The molecule has 0 saturated heterocycles. The van der Waals surface area contributed by atoms with Crippen LogP contribution in [0, 0.1) is 13.8 Å². The quantitative estimate of drug-likeness (QED) is 0.865. The van der Waals surface area contributed by atoms with Crippen LogP contribution in [0.3, 0.4) is 0 Å². The molecule has 2 atom stereocenters. The van der Waals surface area contributed by atoms with Gasteiger partial charge in [-0.2, -0.15) is 0 Å². The largest absolute Gasteiger partial charge is 0.241 e. The van der Waals surface area contributed by atoms with Gasteiger partial charge in [0, 0.05) is 10.9 Å². The van der Waals surface area contributed by atoms with E-state index in [4.69, 9.17) is 0 Å². The maximum absolute atomic E-state index is 12.4. The zero-order valence-electron chi connectivity index (χ0n) is 10.6. The summed E-state index contributed by atoms with van der Waals surface area (Å²) >= 11 is 3.54. The van der Waals surface area contributed by atoms with E-state index in [0.717, 1.165) is 30.4 Å². The van der Waals surface area contributed by atoms with Crippen LogP contribution < -0.4 is 4.72 Å². The molecule has 1 aliphatic rings. The highest BCUT2D eigenvalue weighted by Gasteiger charge is 2.30. The van der Waals surface area contributed by atoms with Gasteiger partial charge in [0.2, 0.25) is 10.0 Å². The van der Waals surface area contributed by atoms with Crippen molar-refractivity contribution in [3.05, 3.63) is 29.3 Å². The van der Waals surface area contributed by atoms with Crippen molar-refractivity contribution in [1.82, 2.24) is 4.72 Å². The maximum Gasteiger partial charge on any atom is 0.241 e. The first kappa shape index (κ1) is 14.0. The third kappa shape index (κ3) is 2.95. The summed E-state index contributed by atoms with van der Waals surface area (Å²) in [6, 6.07) is 5.52. The van der Waals surface area contributed by atoms with Crippen molar-refractivity contribution in [3.8, 4) is 0 Å². The van der Waals surface area contributed by atoms with Gasteiger partial charge in [-0.3, -0.25) is 0 Å². The molecule has 0 heterocycles. The Morgan fingerprint density at radius 1 is 1.28 bits per heavy atom. The number of hydrogen-bond acceptors (Lipinski definition) is 2. The fraction of sp³-hybridized carbons (Fsp3) is 0.538. The molecule has 1 aromatic carbocycles. The number of benzene rings is 1. The van der Waals surface area contributed by atoms with E-state index in [0.29, 0.717) is 4.90 Å². The van der Waals surface area contributed by atoms with Crippen LogP contribution in [0.25, 0.3) is 0 Å². The van der Waals surface area contributed by atoms with Gasteiger partial charge in [0.25, 0.3) is 0 Å². The van der Waals surface area contributed by atoms with Crippen molar-refractivity contribution >= 4 is 26.0 Å². The maximum atomic E-state index is 12.4. The average molecular weight is 332 g/mol. The lowest BCUT2D eigenvalue weighted by molar-refractivity contribution is 0.555. The summed E-state index contributed by atoms with van der Waals surface area (Å²) in [7, 11) is -3.41. The molecule has 1 fully saturated rings. The van der Waals surface area contributed by atoms with Crippen LogP contribution in [0.1, 0.15) is 30.4 Å². The summed E-state index contributed by atoms with van der Waals surface area (Å²) in [6.07, 6.45) is 3.00. The molecule has 100 valence electrons. The van der Waals surface area contributed by atoms with Crippen molar-refractivity contribution in [2.24, 2.45) is 0 Å². The SMILES string of the molecule is Cc1ccc(C)c(S(=O)(=O)NC2CCCC2Br)c1. The zero-order chi connectivity index (χ0) is 13.3. The number of nitrogens with one attached hydrogen (secondary N) is 1. The van der Waals surface area contributed by atoms with Gasteiger partial charge in [-0.05, 0) is 43.9 Å². The van der Waals surface area contributed by atoms with Gasteiger partial charge in [-0.25, -0.2) is 13.1 Å². The third-order valence-electron chi connectivity index (χ3n) is 3.37. The van der Waals surface area contributed by atoms with Crippen molar-refractivity contribution in [3.63, 3.8) is 0 Å².